The molecule has 0 aromatic carbocycles. The van der Waals surface area contributed by atoms with Crippen LogP contribution < -0.4 is 0 Å². The molecule has 0 N–H and O–H groups in total. The number of hydrogen-bond acceptors (Lipinski definition) is 2. The Morgan fingerprint density at radius 3 is 1.78 bits per heavy atom. The van der Waals surface area contributed by atoms with Crippen molar-refractivity contribution in [2.24, 2.45) is 5.92 Å². The Labute approximate surface area is 56.5 Å². The van der Waals surface area contributed by atoms with Gasteiger partial charge >= 0.3 is 0 Å². The Morgan fingerprint density at radius 2 is 1.67 bits per heavy atom. The fourth-order valence-corrected chi connectivity index (χ4v) is 0.492. The normalized spacial score (nSPS) is 9.00. The van der Waals surface area contributed by atoms with Crippen LogP contribution in [-0.4, -0.2) is 14.2 Å². The third-order valence-electron chi connectivity index (χ3n) is 0.872. The van der Waals surface area contributed by atoms with Gasteiger partial charge in [0.25, 0.3) is 5.95 Å². The molecule has 0 heterocycles. The van der Waals surface area contributed by atoms with Crippen molar-refractivity contribution in [3.05, 3.63) is 12.0 Å². The van der Waals surface area contributed by atoms with Crippen molar-refractivity contribution in [2.75, 3.05) is 14.2 Å². The van der Waals surface area contributed by atoms with E-state index in [0.29, 0.717) is 11.9 Å². The van der Waals surface area contributed by atoms with Crippen molar-refractivity contribution in [1.82, 2.24) is 0 Å². The van der Waals surface area contributed by atoms with Crippen LogP contribution in [-0.2, 0) is 9.47 Å². The predicted octanol–water partition coefficient (Wildman–Crippen LogP) is 1.78. The zero-order valence-corrected chi connectivity index (χ0v) is 6.47. The minimum Gasteiger partial charge on any atom is -0.469 e. The van der Waals surface area contributed by atoms with E-state index in [2.05, 4.69) is 13.8 Å². The van der Waals surface area contributed by atoms with Gasteiger partial charge in [0.2, 0.25) is 0 Å². The Balaban J connectivity index is 3.75. The molecule has 0 aliphatic carbocycles. The average Bonchev–Trinajstić information content (AvgIpc) is 1.82. The highest BCUT2D eigenvalue weighted by Gasteiger charge is 1.93. The zero-order chi connectivity index (χ0) is 7.28. The minimum atomic E-state index is 0.472. The summed E-state index contributed by atoms with van der Waals surface area (Å²) in [5, 5.41) is 0. The highest BCUT2D eigenvalue weighted by molar-refractivity contribution is 4.85. The summed E-state index contributed by atoms with van der Waals surface area (Å²) in [6.07, 6.45) is 1.92. The molecule has 0 bridgehead atoms. The second-order valence-electron chi connectivity index (χ2n) is 2.14. The Hall–Kier alpha value is -0.660. The molecule has 2 heteroatoms. The molecule has 0 unspecified atom stereocenters. The summed E-state index contributed by atoms with van der Waals surface area (Å²) in [6, 6.07) is 0. The lowest BCUT2D eigenvalue weighted by Crippen LogP contribution is -1.92. The molecule has 0 aliphatic heterocycles. The van der Waals surface area contributed by atoms with Crippen molar-refractivity contribution in [3.8, 4) is 0 Å². The van der Waals surface area contributed by atoms with Gasteiger partial charge in [-0.1, -0.05) is 13.8 Å². The maximum Gasteiger partial charge on any atom is 0.274 e. The number of hydrogen-bond donors (Lipinski definition) is 0. The summed E-state index contributed by atoms with van der Waals surface area (Å²) in [5.74, 6) is 1.06. The van der Waals surface area contributed by atoms with E-state index in [0.717, 1.165) is 0 Å². The molecular formula is C7H14O2. The SMILES string of the molecule is COC(=CC(C)C)OC. The molecule has 0 amide bonds. The highest BCUT2D eigenvalue weighted by Crippen LogP contribution is 2.02. The van der Waals surface area contributed by atoms with Gasteiger partial charge in [-0.25, -0.2) is 0 Å². The Kier molecular flexibility index (Phi) is 3.93. The predicted molar refractivity (Wildman–Crippen MR) is 36.9 cm³/mol. The van der Waals surface area contributed by atoms with E-state index in [9.17, 15) is 0 Å². The summed E-state index contributed by atoms with van der Waals surface area (Å²) in [6.45, 7) is 4.14. The van der Waals surface area contributed by atoms with Crippen LogP contribution >= 0.6 is 0 Å². The smallest absolute Gasteiger partial charge is 0.274 e. The van der Waals surface area contributed by atoms with Gasteiger partial charge in [-0.2, -0.15) is 0 Å². The fourth-order valence-electron chi connectivity index (χ4n) is 0.492. The van der Waals surface area contributed by atoms with Gasteiger partial charge in [0, 0.05) is 0 Å². The van der Waals surface area contributed by atoms with Crippen molar-refractivity contribution < 1.29 is 9.47 Å². The lowest BCUT2D eigenvalue weighted by molar-refractivity contribution is 0.0927. The minimum absolute atomic E-state index is 0.472. The van der Waals surface area contributed by atoms with Crippen LogP contribution in [0, 0.1) is 5.92 Å². The van der Waals surface area contributed by atoms with Gasteiger partial charge < -0.3 is 9.47 Å². The van der Waals surface area contributed by atoms with E-state index >= 15 is 0 Å². The monoisotopic (exact) mass is 130 g/mol. The van der Waals surface area contributed by atoms with Crippen LogP contribution in [0.1, 0.15) is 13.8 Å². The van der Waals surface area contributed by atoms with E-state index in [1.165, 1.54) is 0 Å². The maximum atomic E-state index is 4.85. The van der Waals surface area contributed by atoms with Gasteiger partial charge in [-0.15, -0.1) is 0 Å². The van der Waals surface area contributed by atoms with Crippen LogP contribution in [0.25, 0.3) is 0 Å². The third kappa shape index (κ3) is 3.88. The van der Waals surface area contributed by atoms with E-state index in [-0.39, 0.29) is 0 Å². The molecule has 0 radical (unpaired) electrons. The van der Waals surface area contributed by atoms with Gasteiger partial charge in [0.15, 0.2) is 0 Å². The van der Waals surface area contributed by atoms with Crippen LogP contribution in [0.15, 0.2) is 12.0 Å². The average molecular weight is 130 g/mol. The molecule has 2 nitrogen and oxygen atoms in total. The molecule has 0 atom stereocenters. The summed E-state index contributed by atoms with van der Waals surface area (Å²) in [4.78, 5) is 0. The number of allylic oxidation sites excluding steroid dienone is 1. The molecule has 0 spiro atoms. The summed E-state index contributed by atoms with van der Waals surface area (Å²) in [7, 11) is 3.19. The lowest BCUT2D eigenvalue weighted by Gasteiger charge is -2.03. The van der Waals surface area contributed by atoms with E-state index in [1.54, 1.807) is 14.2 Å². The van der Waals surface area contributed by atoms with Gasteiger partial charge in [-0.05, 0) is 12.0 Å². The molecular weight excluding hydrogens is 116 g/mol. The summed E-state index contributed by atoms with van der Waals surface area (Å²) >= 11 is 0. The first-order valence-corrected chi connectivity index (χ1v) is 3.00. The molecule has 0 rings (SSSR count). The maximum absolute atomic E-state index is 4.85. The number of methoxy groups -OCH3 is 2. The van der Waals surface area contributed by atoms with Crippen molar-refractivity contribution in [2.45, 2.75) is 13.8 Å². The van der Waals surface area contributed by atoms with Crippen molar-refractivity contribution >= 4 is 0 Å². The quantitative estimate of drug-likeness (QED) is 0.542. The molecule has 9 heavy (non-hydrogen) atoms. The lowest BCUT2D eigenvalue weighted by atomic mass is 10.2. The molecule has 0 saturated heterocycles. The highest BCUT2D eigenvalue weighted by atomic mass is 16.7. The standard InChI is InChI=1S/C7H14O2/c1-6(2)5-7(8-3)9-4/h5-6H,1-4H3. The van der Waals surface area contributed by atoms with Crippen LogP contribution in [0.5, 0.6) is 0 Å². The Bertz CT molecular complexity index is 89.1. The number of ether oxygens (including phenoxy) is 2. The van der Waals surface area contributed by atoms with E-state index in [1.807, 2.05) is 6.08 Å². The van der Waals surface area contributed by atoms with Crippen molar-refractivity contribution in [1.29, 1.82) is 0 Å². The Morgan fingerprint density at radius 1 is 1.22 bits per heavy atom. The second-order valence-corrected chi connectivity index (χ2v) is 2.14. The molecule has 54 valence electrons. The van der Waals surface area contributed by atoms with E-state index in [4.69, 9.17) is 9.47 Å². The number of rotatable bonds is 3. The fraction of sp³-hybridized carbons (Fsp3) is 0.714. The topological polar surface area (TPSA) is 18.5 Å². The third-order valence-corrected chi connectivity index (χ3v) is 0.872. The van der Waals surface area contributed by atoms with Crippen LogP contribution in [0.3, 0.4) is 0 Å². The zero-order valence-electron chi connectivity index (χ0n) is 6.47. The molecule has 0 fully saturated rings. The molecule has 0 aromatic heterocycles. The largest absolute Gasteiger partial charge is 0.469 e. The van der Waals surface area contributed by atoms with Gasteiger partial charge in [0.05, 0.1) is 14.2 Å². The summed E-state index contributed by atoms with van der Waals surface area (Å²) in [5.41, 5.74) is 0. The first kappa shape index (κ1) is 8.34. The molecule has 0 aromatic rings. The first-order chi connectivity index (χ1) is 4.20. The van der Waals surface area contributed by atoms with Crippen molar-refractivity contribution in [3.63, 3.8) is 0 Å². The van der Waals surface area contributed by atoms with Gasteiger partial charge in [-0.3, -0.25) is 0 Å². The van der Waals surface area contributed by atoms with Crippen LogP contribution in [0.4, 0.5) is 0 Å². The van der Waals surface area contributed by atoms with E-state index < -0.39 is 0 Å². The first-order valence-electron chi connectivity index (χ1n) is 3.00. The van der Waals surface area contributed by atoms with Gasteiger partial charge in [0.1, 0.15) is 0 Å². The summed E-state index contributed by atoms with van der Waals surface area (Å²) < 4.78 is 9.70. The molecule has 0 aliphatic rings. The molecule has 0 saturated carbocycles. The second kappa shape index (κ2) is 4.24. The van der Waals surface area contributed by atoms with Crippen LogP contribution in [0.2, 0.25) is 0 Å².